The van der Waals surface area contributed by atoms with Crippen molar-refractivity contribution in [2.75, 3.05) is 12.3 Å². The maximum Gasteiger partial charge on any atom is 0.0346 e. The zero-order valence-corrected chi connectivity index (χ0v) is 11.8. The van der Waals surface area contributed by atoms with E-state index in [9.17, 15) is 0 Å². The molecule has 0 bridgehead atoms. The number of benzene rings is 2. The topological polar surface area (TPSA) is 38.0 Å². The molecule has 104 valence electrons. The highest BCUT2D eigenvalue weighted by molar-refractivity contribution is 5.46. The number of anilines is 1. The van der Waals surface area contributed by atoms with E-state index < -0.39 is 0 Å². The summed E-state index contributed by atoms with van der Waals surface area (Å²) < 4.78 is 0. The van der Waals surface area contributed by atoms with E-state index in [-0.39, 0.29) is 0 Å². The fraction of sp³-hybridized carbons (Fsp3) is 0.333. The molecule has 0 aliphatic heterocycles. The van der Waals surface area contributed by atoms with Gasteiger partial charge >= 0.3 is 0 Å². The number of aryl methyl sites for hydroxylation is 1. The van der Waals surface area contributed by atoms with Crippen LogP contribution >= 0.6 is 0 Å². The van der Waals surface area contributed by atoms with Gasteiger partial charge in [0, 0.05) is 17.6 Å². The fourth-order valence-corrected chi connectivity index (χ4v) is 2.82. The van der Waals surface area contributed by atoms with Crippen molar-refractivity contribution >= 4 is 5.69 Å². The van der Waals surface area contributed by atoms with Crippen LogP contribution in [-0.4, -0.2) is 12.6 Å². The molecular formula is C18H22N2. The minimum absolute atomic E-state index is 0.672. The average molecular weight is 266 g/mol. The summed E-state index contributed by atoms with van der Waals surface area (Å²) in [5.74, 6) is 0.720. The highest BCUT2D eigenvalue weighted by Gasteiger charge is 2.37. The van der Waals surface area contributed by atoms with Crippen molar-refractivity contribution in [2.24, 2.45) is 0 Å². The van der Waals surface area contributed by atoms with E-state index >= 15 is 0 Å². The molecule has 0 spiro atoms. The summed E-state index contributed by atoms with van der Waals surface area (Å²) in [6.07, 6.45) is 3.48. The Morgan fingerprint density at radius 1 is 1.00 bits per heavy atom. The van der Waals surface area contributed by atoms with Crippen molar-refractivity contribution in [3.05, 3.63) is 65.7 Å². The van der Waals surface area contributed by atoms with E-state index in [1.54, 1.807) is 0 Å². The van der Waals surface area contributed by atoms with Gasteiger partial charge in [0.1, 0.15) is 0 Å². The Morgan fingerprint density at radius 3 is 2.55 bits per heavy atom. The lowest BCUT2D eigenvalue weighted by molar-refractivity contribution is 0.636. The maximum absolute atomic E-state index is 5.95. The number of hydrogen-bond acceptors (Lipinski definition) is 2. The summed E-state index contributed by atoms with van der Waals surface area (Å²) in [6.45, 7) is 1.07. The third-order valence-corrected chi connectivity index (χ3v) is 4.10. The van der Waals surface area contributed by atoms with Crippen LogP contribution in [-0.2, 0) is 6.42 Å². The van der Waals surface area contributed by atoms with Gasteiger partial charge < -0.3 is 11.1 Å². The first-order valence-electron chi connectivity index (χ1n) is 7.46. The molecule has 1 aliphatic carbocycles. The molecule has 0 heterocycles. The van der Waals surface area contributed by atoms with Gasteiger partial charge in [-0.05, 0) is 43.0 Å². The van der Waals surface area contributed by atoms with Gasteiger partial charge in [-0.15, -0.1) is 0 Å². The molecule has 0 amide bonds. The first-order valence-corrected chi connectivity index (χ1v) is 7.46. The quantitative estimate of drug-likeness (QED) is 0.621. The van der Waals surface area contributed by atoms with Crippen molar-refractivity contribution in [1.29, 1.82) is 0 Å². The van der Waals surface area contributed by atoms with Crippen LogP contribution < -0.4 is 11.1 Å². The van der Waals surface area contributed by atoms with Gasteiger partial charge in [0.05, 0.1) is 0 Å². The van der Waals surface area contributed by atoms with Gasteiger partial charge in [0.2, 0.25) is 0 Å². The molecular weight excluding hydrogens is 244 g/mol. The van der Waals surface area contributed by atoms with Crippen molar-refractivity contribution in [2.45, 2.75) is 31.2 Å². The summed E-state index contributed by atoms with van der Waals surface area (Å²) in [7, 11) is 0. The van der Waals surface area contributed by atoms with E-state index in [0.717, 1.165) is 31.0 Å². The Bertz CT molecular complexity index is 550. The molecule has 1 aliphatic rings. The number of rotatable bonds is 6. The molecule has 1 saturated carbocycles. The van der Waals surface area contributed by atoms with Crippen LogP contribution in [0.2, 0.25) is 0 Å². The first-order chi connectivity index (χ1) is 9.84. The van der Waals surface area contributed by atoms with Crippen molar-refractivity contribution in [1.82, 2.24) is 5.32 Å². The zero-order valence-electron chi connectivity index (χ0n) is 11.8. The second-order valence-electron chi connectivity index (χ2n) is 5.62. The maximum atomic E-state index is 5.95. The number of para-hydroxylation sites is 1. The van der Waals surface area contributed by atoms with Crippen LogP contribution in [0.4, 0.5) is 5.69 Å². The van der Waals surface area contributed by atoms with Crippen LogP contribution in [0.5, 0.6) is 0 Å². The molecule has 2 aromatic carbocycles. The molecule has 1 fully saturated rings. The first kappa shape index (κ1) is 13.2. The smallest absolute Gasteiger partial charge is 0.0346 e. The lowest BCUT2D eigenvalue weighted by atomic mass is 10.1. The summed E-state index contributed by atoms with van der Waals surface area (Å²) in [5, 5.41) is 3.65. The third-order valence-electron chi connectivity index (χ3n) is 4.10. The Morgan fingerprint density at radius 2 is 1.75 bits per heavy atom. The summed E-state index contributed by atoms with van der Waals surface area (Å²) in [6, 6.07) is 19.6. The number of nitrogen functional groups attached to an aromatic ring is 1. The van der Waals surface area contributed by atoms with Crippen molar-refractivity contribution in [3.8, 4) is 0 Å². The minimum atomic E-state index is 0.672. The van der Waals surface area contributed by atoms with Crippen LogP contribution in [0.25, 0.3) is 0 Å². The van der Waals surface area contributed by atoms with Gasteiger partial charge in [0.15, 0.2) is 0 Å². The van der Waals surface area contributed by atoms with E-state index in [1.807, 2.05) is 12.1 Å². The SMILES string of the molecule is Nc1ccccc1CCCNC1CC1c1ccccc1. The largest absolute Gasteiger partial charge is 0.399 e. The van der Waals surface area contributed by atoms with Gasteiger partial charge in [-0.1, -0.05) is 48.5 Å². The second-order valence-corrected chi connectivity index (χ2v) is 5.62. The Balaban J connectivity index is 1.39. The predicted octanol–water partition coefficient (Wildman–Crippen LogP) is 3.35. The average Bonchev–Trinajstić information content (AvgIpc) is 3.26. The Labute approximate surface area is 121 Å². The van der Waals surface area contributed by atoms with Crippen LogP contribution in [0.15, 0.2) is 54.6 Å². The summed E-state index contributed by atoms with van der Waals surface area (Å²) >= 11 is 0. The molecule has 2 nitrogen and oxygen atoms in total. The molecule has 0 radical (unpaired) electrons. The van der Waals surface area contributed by atoms with Gasteiger partial charge in [-0.25, -0.2) is 0 Å². The molecule has 2 atom stereocenters. The third kappa shape index (κ3) is 3.20. The summed E-state index contributed by atoms with van der Waals surface area (Å²) in [4.78, 5) is 0. The van der Waals surface area contributed by atoms with Crippen LogP contribution in [0, 0.1) is 0 Å². The zero-order chi connectivity index (χ0) is 13.8. The second kappa shape index (κ2) is 6.10. The van der Waals surface area contributed by atoms with Gasteiger partial charge in [-0.3, -0.25) is 0 Å². The van der Waals surface area contributed by atoms with Gasteiger partial charge in [0.25, 0.3) is 0 Å². The molecule has 2 aromatic rings. The Kier molecular flexibility index (Phi) is 4.03. The fourth-order valence-electron chi connectivity index (χ4n) is 2.82. The van der Waals surface area contributed by atoms with Crippen molar-refractivity contribution in [3.63, 3.8) is 0 Å². The minimum Gasteiger partial charge on any atom is -0.399 e. The van der Waals surface area contributed by atoms with Gasteiger partial charge in [-0.2, -0.15) is 0 Å². The van der Waals surface area contributed by atoms with E-state index in [2.05, 4.69) is 47.8 Å². The molecule has 0 saturated heterocycles. The van der Waals surface area contributed by atoms with E-state index in [1.165, 1.54) is 17.5 Å². The molecule has 20 heavy (non-hydrogen) atoms. The number of nitrogens with two attached hydrogens (primary N) is 1. The lowest BCUT2D eigenvalue weighted by Gasteiger charge is -2.06. The normalized spacial score (nSPS) is 20.8. The molecule has 0 aromatic heterocycles. The van der Waals surface area contributed by atoms with Crippen LogP contribution in [0.1, 0.15) is 29.9 Å². The van der Waals surface area contributed by atoms with E-state index in [0.29, 0.717) is 6.04 Å². The highest BCUT2D eigenvalue weighted by atomic mass is 15.0. The molecule has 2 heteroatoms. The predicted molar refractivity (Wildman–Crippen MR) is 84.8 cm³/mol. The van der Waals surface area contributed by atoms with Crippen molar-refractivity contribution < 1.29 is 0 Å². The number of hydrogen-bond donors (Lipinski definition) is 2. The molecule has 3 N–H and O–H groups in total. The lowest BCUT2D eigenvalue weighted by Crippen LogP contribution is -2.19. The highest BCUT2D eigenvalue weighted by Crippen LogP contribution is 2.40. The Hall–Kier alpha value is -1.80. The molecule has 3 rings (SSSR count). The van der Waals surface area contributed by atoms with E-state index in [4.69, 9.17) is 5.73 Å². The van der Waals surface area contributed by atoms with Crippen LogP contribution in [0.3, 0.4) is 0 Å². The standard InChI is InChI=1S/C18H22N2/c19-17-11-5-4-9-15(17)10-6-12-20-18-13-16(18)14-7-2-1-3-8-14/h1-5,7-9,11,16,18,20H,6,10,12-13,19H2. The number of nitrogens with one attached hydrogen (secondary N) is 1. The molecule has 2 unspecified atom stereocenters. The summed E-state index contributed by atoms with van der Waals surface area (Å²) in [5.41, 5.74) is 9.61. The monoisotopic (exact) mass is 266 g/mol.